The lowest BCUT2D eigenvalue weighted by molar-refractivity contribution is 0.620. The molecule has 2 rings (SSSR count). The van der Waals surface area contributed by atoms with Crippen LogP contribution in [0.5, 0.6) is 0 Å². The predicted molar refractivity (Wildman–Crippen MR) is 69.8 cm³/mol. The summed E-state index contributed by atoms with van der Waals surface area (Å²) < 4.78 is 2.17. The van der Waals surface area contributed by atoms with Crippen molar-refractivity contribution in [3.05, 3.63) is 35.5 Å². The summed E-state index contributed by atoms with van der Waals surface area (Å²) in [5.74, 6) is 0. The quantitative estimate of drug-likeness (QED) is 0.876. The minimum absolute atomic E-state index is 0.346. The van der Waals surface area contributed by atoms with Crippen molar-refractivity contribution in [2.24, 2.45) is 5.73 Å². The molecule has 17 heavy (non-hydrogen) atoms. The molecule has 0 aliphatic rings. The van der Waals surface area contributed by atoms with E-state index in [1.165, 1.54) is 5.56 Å². The molecule has 0 fully saturated rings. The van der Waals surface area contributed by atoms with E-state index in [2.05, 4.69) is 36.7 Å². The van der Waals surface area contributed by atoms with Crippen LogP contribution in [0.4, 0.5) is 0 Å². The van der Waals surface area contributed by atoms with Crippen LogP contribution in [0, 0.1) is 11.3 Å². The van der Waals surface area contributed by atoms with Crippen LogP contribution < -0.4 is 5.73 Å². The van der Waals surface area contributed by atoms with Gasteiger partial charge in [-0.25, -0.2) is 0 Å². The highest BCUT2D eigenvalue weighted by Crippen LogP contribution is 2.27. The molecule has 2 N–H and O–H groups in total. The van der Waals surface area contributed by atoms with Gasteiger partial charge in [-0.15, -0.1) is 0 Å². The summed E-state index contributed by atoms with van der Waals surface area (Å²) in [4.78, 5) is 0. The first kappa shape index (κ1) is 11.7. The van der Waals surface area contributed by atoms with Crippen molar-refractivity contribution in [3.63, 3.8) is 0 Å². The number of hydrogen-bond acceptors (Lipinski definition) is 2. The Morgan fingerprint density at radius 1 is 1.41 bits per heavy atom. The van der Waals surface area contributed by atoms with Crippen molar-refractivity contribution in [1.82, 2.24) is 4.57 Å². The summed E-state index contributed by atoms with van der Waals surface area (Å²) in [6.07, 6.45) is 2.98. The second kappa shape index (κ2) is 4.60. The van der Waals surface area contributed by atoms with E-state index in [0.29, 0.717) is 12.6 Å². The SMILES string of the molecule is CC(C)n1cc(CCN)c2cccc(C#N)c21. The van der Waals surface area contributed by atoms with Gasteiger partial charge in [0.05, 0.1) is 11.1 Å². The maximum absolute atomic E-state index is 9.19. The zero-order chi connectivity index (χ0) is 12.4. The van der Waals surface area contributed by atoms with Crippen LogP contribution in [0.2, 0.25) is 0 Å². The maximum Gasteiger partial charge on any atom is 0.101 e. The number of nitrogens with zero attached hydrogens (tertiary/aromatic N) is 2. The van der Waals surface area contributed by atoms with E-state index < -0.39 is 0 Å². The summed E-state index contributed by atoms with van der Waals surface area (Å²) in [5, 5.41) is 10.3. The smallest absolute Gasteiger partial charge is 0.101 e. The first-order valence-electron chi connectivity index (χ1n) is 5.91. The van der Waals surface area contributed by atoms with Crippen LogP contribution >= 0.6 is 0 Å². The van der Waals surface area contributed by atoms with Crippen LogP contribution in [0.15, 0.2) is 24.4 Å². The van der Waals surface area contributed by atoms with Crippen LogP contribution in [-0.2, 0) is 6.42 Å². The second-order valence-electron chi connectivity index (χ2n) is 4.51. The average Bonchev–Trinajstić information content (AvgIpc) is 2.69. The van der Waals surface area contributed by atoms with Crippen molar-refractivity contribution in [3.8, 4) is 6.07 Å². The van der Waals surface area contributed by atoms with Crippen molar-refractivity contribution in [2.75, 3.05) is 6.54 Å². The third kappa shape index (κ3) is 1.92. The number of fused-ring (bicyclic) bond motifs is 1. The fraction of sp³-hybridized carbons (Fsp3) is 0.357. The number of para-hydroxylation sites is 1. The fourth-order valence-corrected chi connectivity index (χ4v) is 2.24. The summed E-state index contributed by atoms with van der Waals surface area (Å²) in [7, 11) is 0. The number of nitriles is 1. The molecule has 0 saturated heterocycles. The standard InChI is InChI=1S/C14H17N3/c1-10(2)17-9-12(6-7-15)13-5-3-4-11(8-16)14(13)17/h3-5,9-10H,6-7,15H2,1-2H3. The van der Waals surface area contributed by atoms with Crippen molar-refractivity contribution in [1.29, 1.82) is 5.26 Å². The zero-order valence-electron chi connectivity index (χ0n) is 10.3. The van der Waals surface area contributed by atoms with Gasteiger partial charge in [0.1, 0.15) is 6.07 Å². The molecule has 1 aromatic heterocycles. The lowest BCUT2D eigenvalue weighted by atomic mass is 10.1. The molecule has 0 atom stereocenters. The Labute approximate surface area is 101 Å². The topological polar surface area (TPSA) is 54.7 Å². The Balaban J connectivity index is 2.77. The summed E-state index contributed by atoms with van der Waals surface area (Å²) in [5.41, 5.74) is 8.63. The molecule has 1 heterocycles. The van der Waals surface area contributed by atoms with Crippen LogP contribution in [-0.4, -0.2) is 11.1 Å². The normalized spacial score (nSPS) is 11.0. The monoisotopic (exact) mass is 227 g/mol. The number of rotatable bonds is 3. The molecule has 3 heteroatoms. The molecular weight excluding hydrogens is 210 g/mol. The summed E-state index contributed by atoms with van der Waals surface area (Å²) >= 11 is 0. The Morgan fingerprint density at radius 2 is 2.18 bits per heavy atom. The molecule has 0 radical (unpaired) electrons. The van der Waals surface area contributed by atoms with Gasteiger partial charge in [0.25, 0.3) is 0 Å². The van der Waals surface area contributed by atoms with E-state index in [1.807, 2.05) is 12.1 Å². The number of aromatic nitrogens is 1. The van der Waals surface area contributed by atoms with Gasteiger partial charge >= 0.3 is 0 Å². The van der Waals surface area contributed by atoms with Gasteiger partial charge in [-0.05, 0) is 38.4 Å². The van der Waals surface area contributed by atoms with Crippen molar-refractivity contribution < 1.29 is 0 Å². The molecular formula is C14H17N3. The molecule has 0 unspecified atom stereocenters. The molecule has 0 bridgehead atoms. The molecule has 88 valence electrons. The Kier molecular flexibility index (Phi) is 3.16. The Bertz CT molecular complexity index is 573. The molecule has 3 nitrogen and oxygen atoms in total. The van der Waals surface area contributed by atoms with E-state index in [1.54, 1.807) is 0 Å². The van der Waals surface area contributed by atoms with Gasteiger partial charge in [-0.2, -0.15) is 5.26 Å². The van der Waals surface area contributed by atoms with E-state index in [4.69, 9.17) is 5.73 Å². The number of hydrogen-bond donors (Lipinski definition) is 1. The molecule has 0 amide bonds. The third-order valence-electron chi connectivity index (χ3n) is 3.03. The molecule has 0 spiro atoms. The van der Waals surface area contributed by atoms with Gasteiger partial charge in [-0.3, -0.25) is 0 Å². The van der Waals surface area contributed by atoms with Crippen LogP contribution in [0.25, 0.3) is 10.9 Å². The molecule has 0 aliphatic heterocycles. The number of nitrogens with two attached hydrogens (primary N) is 1. The van der Waals surface area contributed by atoms with Crippen molar-refractivity contribution in [2.45, 2.75) is 26.3 Å². The highest BCUT2D eigenvalue weighted by Gasteiger charge is 2.13. The lowest BCUT2D eigenvalue weighted by Gasteiger charge is -2.09. The molecule has 0 aliphatic carbocycles. The predicted octanol–water partition coefficient (Wildman–Crippen LogP) is 2.60. The van der Waals surface area contributed by atoms with Gasteiger partial charge in [-0.1, -0.05) is 12.1 Å². The van der Waals surface area contributed by atoms with Crippen LogP contribution in [0.1, 0.15) is 31.0 Å². The average molecular weight is 227 g/mol. The molecule has 1 aromatic carbocycles. The van der Waals surface area contributed by atoms with E-state index in [-0.39, 0.29) is 0 Å². The Hall–Kier alpha value is -1.79. The first-order valence-corrected chi connectivity index (χ1v) is 5.91. The molecule has 0 saturated carbocycles. The van der Waals surface area contributed by atoms with Crippen LogP contribution in [0.3, 0.4) is 0 Å². The number of benzene rings is 1. The highest BCUT2D eigenvalue weighted by atomic mass is 15.0. The van der Waals surface area contributed by atoms with E-state index >= 15 is 0 Å². The third-order valence-corrected chi connectivity index (χ3v) is 3.03. The molecule has 2 aromatic rings. The zero-order valence-corrected chi connectivity index (χ0v) is 10.3. The highest BCUT2D eigenvalue weighted by molar-refractivity contribution is 5.88. The van der Waals surface area contributed by atoms with Gasteiger partial charge < -0.3 is 10.3 Å². The van der Waals surface area contributed by atoms with Gasteiger partial charge in [0.2, 0.25) is 0 Å². The fourth-order valence-electron chi connectivity index (χ4n) is 2.24. The van der Waals surface area contributed by atoms with E-state index in [9.17, 15) is 5.26 Å². The second-order valence-corrected chi connectivity index (χ2v) is 4.51. The Morgan fingerprint density at radius 3 is 2.76 bits per heavy atom. The summed E-state index contributed by atoms with van der Waals surface area (Å²) in [6, 6.07) is 8.49. The van der Waals surface area contributed by atoms with Gasteiger partial charge in [0, 0.05) is 17.6 Å². The summed E-state index contributed by atoms with van der Waals surface area (Å²) in [6.45, 7) is 4.88. The van der Waals surface area contributed by atoms with E-state index in [0.717, 1.165) is 22.9 Å². The first-order chi connectivity index (χ1) is 8.19. The van der Waals surface area contributed by atoms with Crippen molar-refractivity contribution >= 4 is 10.9 Å². The maximum atomic E-state index is 9.19. The largest absolute Gasteiger partial charge is 0.344 e. The minimum atomic E-state index is 0.346. The minimum Gasteiger partial charge on any atom is -0.344 e. The van der Waals surface area contributed by atoms with Gasteiger partial charge in [0.15, 0.2) is 0 Å². The lowest BCUT2D eigenvalue weighted by Crippen LogP contribution is -2.02.